The molecule has 1 aliphatic heterocycles. The van der Waals surface area contributed by atoms with Crippen molar-refractivity contribution in [2.45, 2.75) is 65.3 Å². The van der Waals surface area contributed by atoms with Crippen molar-refractivity contribution >= 4 is 0 Å². The Bertz CT molecular complexity index is 1080. The molecule has 3 aromatic rings. The Morgan fingerprint density at radius 2 is 1.69 bits per heavy atom. The van der Waals surface area contributed by atoms with Gasteiger partial charge in [0.05, 0.1) is 5.56 Å². The number of hydrogen-bond donors (Lipinski definition) is 0. The molecule has 4 rings (SSSR count). The van der Waals surface area contributed by atoms with Gasteiger partial charge < -0.3 is 0 Å². The lowest BCUT2D eigenvalue weighted by Crippen LogP contribution is -2.67. The van der Waals surface area contributed by atoms with Gasteiger partial charge in [-0.25, -0.2) is 4.57 Å². The minimum absolute atomic E-state index is 0.0126. The molecule has 1 aromatic heterocycles. The normalized spacial score (nSPS) is 22.8. The van der Waals surface area contributed by atoms with Gasteiger partial charge in [-0.1, -0.05) is 63.2 Å². The first-order chi connectivity index (χ1) is 13.8. The average Bonchev–Trinajstić information content (AvgIpc) is 3.13. The van der Waals surface area contributed by atoms with Gasteiger partial charge in [0.2, 0.25) is 0 Å². The first-order valence-corrected chi connectivity index (χ1v) is 10.8. The van der Waals surface area contributed by atoms with Gasteiger partial charge in [0.15, 0.2) is 0 Å². The molecule has 0 aliphatic carbocycles. The maximum Gasteiger partial charge on any atom is 0.295 e. The zero-order valence-corrected chi connectivity index (χ0v) is 18.7. The lowest BCUT2D eigenvalue weighted by atomic mass is 9.60. The third kappa shape index (κ3) is 2.44. The van der Waals surface area contributed by atoms with Gasteiger partial charge >= 0.3 is 0 Å². The second-order valence-electron chi connectivity index (χ2n) is 8.82. The molecule has 2 aromatic carbocycles. The standard InChI is InChI=1S/C27H33N2/c1-8-26(7)23-14-12-11-13-22(23)25-28(15-16-29(25)27(26,9-2)10-3)24-20(5)17-19(4)18-21(24)6/h9,11-18H,2,8,10H2,1,3-7H3/q+1. The van der Waals surface area contributed by atoms with Gasteiger partial charge in [-0.05, 0) is 62.4 Å². The summed E-state index contributed by atoms with van der Waals surface area (Å²) in [7, 11) is 0. The summed E-state index contributed by atoms with van der Waals surface area (Å²) in [4.78, 5) is 0. The fraction of sp³-hybridized carbons (Fsp3) is 0.370. The molecule has 2 nitrogen and oxygen atoms in total. The third-order valence-corrected chi connectivity index (χ3v) is 7.43. The van der Waals surface area contributed by atoms with Crippen LogP contribution in [0, 0.1) is 20.8 Å². The van der Waals surface area contributed by atoms with E-state index in [1.807, 2.05) is 0 Å². The summed E-state index contributed by atoms with van der Waals surface area (Å²) in [6.07, 6.45) is 8.76. The SMILES string of the molecule is C=CC1(CC)[n+]2ccn(-c3c(C)cc(C)cc3C)c2-c2ccccc2C1(C)CC. The number of allylic oxidation sites excluding steroid dienone is 1. The summed E-state index contributed by atoms with van der Waals surface area (Å²) in [5, 5.41) is 0. The fourth-order valence-corrected chi connectivity index (χ4v) is 5.89. The monoisotopic (exact) mass is 385 g/mol. The van der Waals surface area contributed by atoms with E-state index in [2.05, 4.69) is 112 Å². The van der Waals surface area contributed by atoms with Crippen molar-refractivity contribution < 1.29 is 4.57 Å². The molecule has 2 heterocycles. The van der Waals surface area contributed by atoms with Crippen LogP contribution in [0.3, 0.4) is 0 Å². The highest BCUT2D eigenvalue weighted by Crippen LogP contribution is 2.50. The molecule has 150 valence electrons. The molecule has 29 heavy (non-hydrogen) atoms. The van der Waals surface area contributed by atoms with Crippen LogP contribution in [0.5, 0.6) is 0 Å². The van der Waals surface area contributed by atoms with E-state index in [1.165, 1.54) is 39.3 Å². The summed E-state index contributed by atoms with van der Waals surface area (Å²) in [5.41, 5.74) is 7.79. The van der Waals surface area contributed by atoms with E-state index in [9.17, 15) is 0 Å². The zero-order chi connectivity index (χ0) is 21.0. The molecular formula is C27H33N2+. The van der Waals surface area contributed by atoms with Crippen molar-refractivity contribution in [1.82, 2.24) is 4.57 Å². The van der Waals surface area contributed by atoms with E-state index < -0.39 is 0 Å². The van der Waals surface area contributed by atoms with E-state index in [4.69, 9.17) is 0 Å². The lowest BCUT2D eigenvalue weighted by molar-refractivity contribution is -0.755. The second-order valence-corrected chi connectivity index (χ2v) is 8.82. The minimum atomic E-state index is -0.163. The average molecular weight is 386 g/mol. The summed E-state index contributed by atoms with van der Waals surface area (Å²) >= 11 is 0. The Morgan fingerprint density at radius 3 is 2.28 bits per heavy atom. The number of rotatable bonds is 4. The smallest absolute Gasteiger partial charge is 0.220 e. The molecule has 0 fully saturated rings. The maximum absolute atomic E-state index is 4.34. The Labute approximate surface area is 175 Å². The molecule has 0 saturated heterocycles. The van der Waals surface area contributed by atoms with Gasteiger partial charge in [0, 0.05) is 5.41 Å². The van der Waals surface area contributed by atoms with Crippen molar-refractivity contribution in [2.75, 3.05) is 0 Å². The number of aryl methyl sites for hydroxylation is 3. The maximum atomic E-state index is 4.34. The van der Waals surface area contributed by atoms with Crippen LogP contribution >= 0.6 is 0 Å². The van der Waals surface area contributed by atoms with Crippen LogP contribution in [0.4, 0.5) is 0 Å². The number of fused-ring (bicyclic) bond motifs is 3. The van der Waals surface area contributed by atoms with Crippen molar-refractivity contribution in [3.8, 4) is 17.1 Å². The number of hydrogen-bond acceptors (Lipinski definition) is 0. The van der Waals surface area contributed by atoms with Crippen molar-refractivity contribution in [3.05, 3.63) is 83.7 Å². The predicted octanol–water partition coefficient (Wildman–Crippen LogP) is 6.33. The van der Waals surface area contributed by atoms with Crippen LogP contribution in [-0.4, -0.2) is 4.57 Å². The van der Waals surface area contributed by atoms with Crippen LogP contribution in [0.2, 0.25) is 0 Å². The van der Waals surface area contributed by atoms with Crippen LogP contribution in [-0.2, 0) is 11.0 Å². The summed E-state index contributed by atoms with van der Waals surface area (Å²) in [5.74, 6) is 1.25. The molecule has 0 amide bonds. The molecule has 0 saturated carbocycles. The van der Waals surface area contributed by atoms with E-state index in [0.717, 1.165) is 12.8 Å². The van der Waals surface area contributed by atoms with Crippen molar-refractivity contribution in [2.24, 2.45) is 0 Å². The van der Waals surface area contributed by atoms with Gasteiger partial charge in [-0.2, -0.15) is 4.57 Å². The second kappa shape index (κ2) is 6.73. The molecule has 1 aliphatic rings. The third-order valence-electron chi connectivity index (χ3n) is 7.43. The first-order valence-electron chi connectivity index (χ1n) is 10.8. The van der Waals surface area contributed by atoms with Gasteiger partial charge in [0.25, 0.3) is 5.82 Å². The van der Waals surface area contributed by atoms with E-state index in [-0.39, 0.29) is 11.0 Å². The van der Waals surface area contributed by atoms with E-state index >= 15 is 0 Å². The highest BCUT2D eigenvalue weighted by atomic mass is 15.2. The zero-order valence-electron chi connectivity index (χ0n) is 18.7. The Kier molecular flexibility index (Phi) is 4.57. The number of benzene rings is 2. The van der Waals surface area contributed by atoms with Crippen LogP contribution in [0.25, 0.3) is 17.1 Å². The largest absolute Gasteiger partial charge is 0.295 e. The predicted molar refractivity (Wildman–Crippen MR) is 122 cm³/mol. The van der Waals surface area contributed by atoms with E-state index in [0.29, 0.717) is 0 Å². The van der Waals surface area contributed by atoms with Gasteiger partial charge in [0.1, 0.15) is 23.6 Å². The van der Waals surface area contributed by atoms with Crippen molar-refractivity contribution in [1.29, 1.82) is 0 Å². The Morgan fingerprint density at radius 1 is 1.03 bits per heavy atom. The first kappa shape index (κ1) is 19.7. The molecule has 0 radical (unpaired) electrons. The van der Waals surface area contributed by atoms with Crippen molar-refractivity contribution in [3.63, 3.8) is 0 Å². The fourth-order valence-electron chi connectivity index (χ4n) is 5.89. The van der Waals surface area contributed by atoms with Crippen LogP contribution in [0.1, 0.15) is 55.9 Å². The van der Waals surface area contributed by atoms with E-state index in [1.54, 1.807) is 0 Å². The van der Waals surface area contributed by atoms with Gasteiger partial charge in [-0.3, -0.25) is 0 Å². The highest BCUT2D eigenvalue weighted by Gasteiger charge is 2.56. The molecule has 2 heteroatoms. The Balaban J connectivity index is 2.14. The number of imidazole rings is 1. The molecule has 0 spiro atoms. The highest BCUT2D eigenvalue weighted by molar-refractivity contribution is 5.66. The molecule has 0 bridgehead atoms. The summed E-state index contributed by atoms with van der Waals surface area (Å²) in [6.45, 7) is 18.0. The minimum Gasteiger partial charge on any atom is -0.220 e. The summed E-state index contributed by atoms with van der Waals surface area (Å²) < 4.78 is 4.89. The topological polar surface area (TPSA) is 8.81 Å². The molecule has 2 atom stereocenters. The quantitative estimate of drug-likeness (QED) is 0.366. The number of nitrogens with zero attached hydrogens (tertiary/aromatic N) is 2. The lowest BCUT2D eigenvalue weighted by Gasteiger charge is -2.48. The number of aromatic nitrogens is 2. The van der Waals surface area contributed by atoms with Crippen LogP contribution in [0.15, 0.2) is 61.4 Å². The Hall–Kier alpha value is -2.61. The molecule has 2 unspecified atom stereocenters. The van der Waals surface area contributed by atoms with Crippen LogP contribution < -0.4 is 4.57 Å². The summed E-state index contributed by atoms with van der Waals surface area (Å²) in [6, 6.07) is 13.5. The molecular weight excluding hydrogens is 352 g/mol. The molecule has 0 N–H and O–H groups in total. The van der Waals surface area contributed by atoms with Gasteiger partial charge in [-0.15, -0.1) is 0 Å².